The number of nitrogens with two attached hydrogens (primary N) is 5. The minimum Gasteiger partial charge on any atom is -0.444 e. The molecule has 5 unspecified atom stereocenters. The molecule has 1 saturated carbocycles. The van der Waals surface area contributed by atoms with Gasteiger partial charge in [-0.05, 0) is 168 Å². The fourth-order valence-electron chi connectivity index (χ4n) is 16.0. The van der Waals surface area contributed by atoms with Crippen LogP contribution in [0.15, 0.2) is 72.8 Å². The second kappa shape index (κ2) is 48.0. The van der Waals surface area contributed by atoms with Crippen LogP contribution >= 0.6 is 91.6 Å². The van der Waals surface area contributed by atoms with Gasteiger partial charge in [-0.2, -0.15) is 25.5 Å². The van der Waals surface area contributed by atoms with E-state index < -0.39 is 155 Å². The average Bonchev–Trinajstić information content (AvgIpc) is 1.70. The van der Waals surface area contributed by atoms with E-state index in [1.165, 1.54) is 92.9 Å². The number of fused-ring (bicyclic) bond motifs is 5. The summed E-state index contributed by atoms with van der Waals surface area (Å²) in [6.07, 6.45) is -2.58. The molecule has 15 rings (SSSR count). The third-order valence-electron chi connectivity index (χ3n) is 21.7. The Labute approximate surface area is 850 Å². The number of hydrogen-bond donors (Lipinski definition) is 8. The average molecular weight is 2280 g/mol. The van der Waals surface area contributed by atoms with E-state index in [1.807, 2.05) is 27.5 Å². The highest BCUT2D eigenvalue weighted by molar-refractivity contribution is 14.1. The van der Waals surface area contributed by atoms with Crippen molar-refractivity contribution >= 4 is 145 Å². The van der Waals surface area contributed by atoms with E-state index in [0.717, 1.165) is 18.2 Å². The van der Waals surface area contributed by atoms with Crippen LogP contribution < -0.4 is 34.0 Å². The molecule has 13 N–H and O–H groups in total. The van der Waals surface area contributed by atoms with E-state index >= 15 is 0 Å². The van der Waals surface area contributed by atoms with Crippen LogP contribution in [0.2, 0.25) is 20.1 Å². The number of aromatic nitrogens is 10. The van der Waals surface area contributed by atoms with Crippen LogP contribution in [0.4, 0.5) is 53.9 Å². The summed E-state index contributed by atoms with van der Waals surface area (Å²) in [6, 6.07) is 12.3. The molecule has 5 aromatic heterocycles. The van der Waals surface area contributed by atoms with E-state index in [4.69, 9.17) is 89.3 Å². The number of aliphatic hydroxyl groups excluding tert-OH is 2. The van der Waals surface area contributed by atoms with Crippen molar-refractivity contribution in [3.05, 3.63) is 176 Å². The van der Waals surface area contributed by atoms with Crippen LogP contribution in [-0.4, -0.2) is 226 Å². The Morgan fingerprint density at radius 2 is 0.686 bits per heavy atom. The molecule has 34 nitrogen and oxygen atoms in total. The number of carbonyl (C=O) groups is 9. The van der Waals surface area contributed by atoms with Gasteiger partial charge >= 0.3 is 18.3 Å². The number of halogens is 15. The minimum atomic E-state index is -2.78. The first-order valence-electron chi connectivity index (χ1n) is 41.7. The zero-order valence-electron chi connectivity index (χ0n) is 75.2. The predicted octanol–water partition coefficient (Wildman–Crippen LogP) is 17.1. The van der Waals surface area contributed by atoms with Crippen molar-refractivity contribution in [2.24, 2.45) is 34.1 Å². The zero-order chi connectivity index (χ0) is 101. The Bertz CT molecular complexity index is 5900. The molecule has 0 radical (unpaired) electrons. The fourth-order valence-corrected chi connectivity index (χ4v) is 17.6. The SMILES string of the molecule is C.C.C.C.CC(C)(C)OC(=O)N1Cc2c(C(N)=O)c(-c3ccc(F)c(Cl)c3)nn2C(CF)C1.CC(C)(C)OC(=O)N1Cc2c(C(N)=O)c(-c3ccc(F)c(Cl)c3)nn2C(CO)C1.CC(C)(C)OC(=O)N1Cc2c(C(N)=O)c(I)nn2C(CO)C1.CC1(CC(=O)N2Cc3c(C(N)=O)c(-c4ccc(F)c(Cl)c4)nn3C(CF)C2)CC(F)(F)C1.CI.NC(=O)c1c(-c2ccc(F)c(Cl)c2)nn2c1CNCC2CF. The summed E-state index contributed by atoms with van der Waals surface area (Å²) in [5, 5.41) is 43.6. The summed E-state index contributed by atoms with van der Waals surface area (Å²) in [5.41, 5.74) is 29.5. The van der Waals surface area contributed by atoms with Crippen molar-refractivity contribution in [2.45, 2.75) is 204 Å². The number of rotatable bonds is 16. The minimum absolute atomic E-state index is 0. The summed E-state index contributed by atoms with van der Waals surface area (Å²) < 4.78 is 145. The molecule has 768 valence electrons. The molecule has 0 bridgehead atoms. The van der Waals surface area contributed by atoms with Crippen molar-refractivity contribution in [2.75, 3.05) is 70.9 Å². The van der Waals surface area contributed by atoms with Gasteiger partial charge in [0.05, 0.1) is 146 Å². The van der Waals surface area contributed by atoms with Gasteiger partial charge in [0.1, 0.15) is 86.6 Å². The molecule has 49 heteroatoms. The van der Waals surface area contributed by atoms with Crippen LogP contribution in [0.3, 0.4) is 0 Å². The number of carbonyl (C=O) groups excluding carboxylic acids is 9. The molecule has 0 spiro atoms. The van der Waals surface area contributed by atoms with E-state index in [9.17, 15) is 92.9 Å². The van der Waals surface area contributed by atoms with Crippen molar-refractivity contribution in [1.82, 2.24) is 73.8 Å². The summed E-state index contributed by atoms with van der Waals surface area (Å²) in [5.74, 6) is -9.33. The van der Waals surface area contributed by atoms with E-state index in [1.54, 1.807) is 73.9 Å². The summed E-state index contributed by atoms with van der Waals surface area (Å²) in [6.45, 7) is 15.7. The highest BCUT2D eigenvalue weighted by atomic mass is 127. The molecular formula is C91H115Cl4F9I2N20O14. The second-order valence-corrected chi connectivity index (χ2v) is 38.3. The quantitative estimate of drug-likeness (QED) is 0.0193. The molecule has 9 amide bonds. The molecule has 0 saturated heterocycles. The second-order valence-electron chi connectivity index (χ2n) is 35.6. The van der Waals surface area contributed by atoms with Gasteiger partial charge in [-0.25, -0.2) is 53.9 Å². The van der Waals surface area contributed by atoms with E-state index in [-0.39, 0.29) is 197 Å². The van der Waals surface area contributed by atoms with Crippen molar-refractivity contribution in [3.63, 3.8) is 0 Å². The largest absolute Gasteiger partial charge is 0.444 e. The number of primary amides is 5. The Hall–Kier alpha value is -10.6. The lowest BCUT2D eigenvalue weighted by Gasteiger charge is -2.45. The molecular weight excluding hydrogens is 2160 g/mol. The maximum atomic E-state index is 13.9. The molecule has 6 aliphatic rings. The lowest BCUT2D eigenvalue weighted by Crippen LogP contribution is -2.49. The monoisotopic (exact) mass is 2280 g/mol. The lowest BCUT2D eigenvalue weighted by atomic mass is 9.65. The molecule has 5 aliphatic heterocycles. The number of alkyl halides is 6. The first-order valence-corrected chi connectivity index (χ1v) is 46.5. The fraction of sp³-hybridized carbons (Fsp3) is 0.473. The van der Waals surface area contributed by atoms with Crippen LogP contribution in [0.5, 0.6) is 0 Å². The molecule has 10 heterocycles. The number of benzene rings is 4. The maximum Gasteiger partial charge on any atom is 0.410 e. The number of nitrogens with zero attached hydrogens (tertiary/aromatic N) is 14. The van der Waals surface area contributed by atoms with Gasteiger partial charge in [-0.3, -0.25) is 52.2 Å². The molecule has 1 aliphatic carbocycles. The highest BCUT2D eigenvalue weighted by Gasteiger charge is 2.55. The van der Waals surface area contributed by atoms with Gasteiger partial charge in [-0.1, -0.05) is 106 Å². The molecule has 4 aromatic carbocycles. The summed E-state index contributed by atoms with van der Waals surface area (Å²) >= 11 is 27.4. The molecule has 140 heavy (non-hydrogen) atoms. The normalized spacial score (nSPS) is 17.2. The Balaban J connectivity index is 0.000000267. The van der Waals surface area contributed by atoms with Crippen molar-refractivity contribution in [3.8, 4) is 45.0 Å². The number of ether oxygens (including phenoxy) is 3. The number of nitrogens with one attached hydrogen (secondary N) is 1. The van der Waals surface area contributed by atoms with Gasteiger partial charge < -0.3 is 78.0 Å². The first-order chi connectivity index (χ1) is 63.6. The molecule has 1 fully saturated rings. The summed E-state index contributed by atoms with van der Waals surface area (Å²) in [4.78, 5) is 118. The highest BCUT2D eigenvalue weighted by Crippen LogP contribution is 2.54. The van der Waals surface area contributed by atoms with Crippen LogP contribution in [0, 0.1) is 32.4 Å². The van der Waals surface area contributed by atoms with E-state index in [2.05, 4.69) is 53.4 Å². The first kappa shape index (κ1) is 118. The summed E-state index contributed by atoms with van der Waals surface area (Å²) in [7, 11) is 0. The van der Waals surface area contributed by atoms with Crippen molar-refractivity contribution in [1.29, 1.82) is 0 Å². The third-order valence-corrected chi connectivity index (χ3v) is 23.6. The smallest absolute Gasteiger partial charge is 0.410 e. The molecule has 9 aromatic rings. The maximum absolute atomic E-state index is 13.9. The third kappa shape index (κ3) is 27.2. The molecule has 5 atom stereocenters. The number of aliphatic hydroxyl groups is 2. The van der Waals surface area contributed by atoms with Gasteiger partial charge in [0.15, 0.2) is 0 Å². The van der Waals surface area contributed by atoms with Gasteiger partial charge in [-0.15, -0.1) is 0 Å². The number of hydrogen-bond acceptors (Lipinski definition) is 20. The van der Waals surface area contributed by atoms with Crippen LogP contribution in [-0.2, 0) is 51.7 Å². The standard InChI is InChI=1S/C21H21ClF4N4O2.C19H21ClF2N4O3.C19H22ClFN4O4.C14H13ClF2N4O.C13H19IN4O4.CH3I.4CH4/c1-20(9-21(25,26)10-20)5-16(31)29-7-12(6-23)30-15(8-29)17(19(27)32)18(28-30)11-2-3-14(24)13(22)4-11;1-19(2,3)29-18(28)25-8-11(7-21)26-14(9-25)15(17(23)27)16(24-26)10-4-5-13(22)12(20)6-10;1-19(2,3)29-18(28)24-7-11(9-26)25-14(8-24)15(17(22)27)16(23-25)10-4-5-13(21)12(20)6-10;15-9-3-7(1-2-10(9)17)13-12(14(18)22)11-6-19-5-8(4-16)21(11)20-13;1-13(2,3)22-12(21)17-4-7(6-19)18-8(5-17)9(11(15)20)10(14)16-18;1-2;;;;/h2-4,12H,5-10H2,1H3,(H2,27,32);4-6,11H,7-9H2,1-3H3,(H2,23,27);4-6,11,26H,7-9H2,1-3H3,(H2,22,27);1-3,8,19H,4-6H2,(H2,18,22);7,19H,4-6H2,1-3H3,(H2,15,20);1H3;4*1H4. The topological polar surface area (TPSA) is 466 Å². The Morgan fingerprint density at radius 1 is 0.429 bits per heavy atom. The Morgan fingerprint density at radius 3 is 0.957 bits per heavy atom. The lowest BCUT2D eigenvalue weighted by molar-refractivity contribution is -0.167. The van der Waals surface area contributed by atoms with Crippen LogP contribution in [0.25, 0.3) is 45.0 Å². The zero-order valence-corrected chi connectivity index (χ0v) is 82.5. The van der Waals surface area contributed by atoms with Crippen LogP contribution in [0.1, 0.15) is 229 Å². The predicted molar refractivity (Wildman–Crippen MR) is 526 cm³/mol. The van der Waals surface area contributed by atoms with Gasteiger partial charge in [0.25, 0.3) is 29.5 Å². The van der Waals surface area contributed by atoms with Gasteiger partial charge in [0, 0.05) is 80.8 Å². The van der Waals surface area contributed by atoms with Crippen molar-refractivity contribution < 1.29 is 107 Å². The number of amides is 9. The van der Waals surface area contributed by atoms with E-state index in [0.29, 0.717) is 56.1 Å². The Kier molecular flexibility index (Phi) is 40.5. The van der Waals surface area contributed by atoms with Gasteiger partial charge in [0.2, 0.25) is 11.8 Å².